The van der Waals surface area contributed by atoms with E-state index in [0.717, 1.165) is 28.3 Å². The number of carbonyl (C=O) groups is 2. The van der Waals surface area contributed by atoms with Crippen LogP contribution in [0.2, 0.25) is 18.1 Å². The molecule has 9 heteroatoms. The zero-order valence-electron chi connectivity index (χ0n) is 18.9. The number of ketones is 1. The van der Waals surface area contributed by atoms with Crippen molar-refractivity contribution in [2.24, 2.45) is 0 Å². The second-order valence-electron chi connectivity index (χ2n) is 9.82. The molecule has 0 saturated carbocycles. The molecule has 7 nitrogen and oxygen atoms in total. The number of carbonyl (C=O) groups excluding carboxylic acids is 1. The van der Waals surface area contributed by atoms with E-state index >= 15 is 0 Å². The van der Waals surface area contributed by atoms with Crippen LogP contribution < -0.4 is 0 Å². The molecule has 1 amide bonds. The number of Topliss-reactive ketones (excluding diaryl/α,β-unsaturated/α-hetero) is 1. The Morgan fingerprint density at radius 1 is 1.32 bits per heavy atom. The number of nitrogens with zero attached hydrogens (tertiary/aromatic N) is 3. The number of hydrogen-bond donors (Lipinski definition) is 1. The molecule has 2 aromatic rings. The minimum absolute atomic E-state index is 0.0101. The smallest absolute Gasteiger partial charge is 0.407 e. The number of para-hydroxylation sites is 1. The largest absolute Gasteiger partial charge is 0.465 e. The lowest BCUT2D eigenvalue weighted by Crippen LogP contribution is -2.56. The maximum atomic E-state index is 13.1. The number of rotatable bonds is 6. The van der Waals surface area contributed by atoms with E-state index < -0.39 is 20.5 Å². The lowest BCUT2D eigenvalue weighted by Gasteiger charge is -2.45. The molecule has 0 radical (unpaired) electrons. The molecule has 0 spiro atoms. The number of imidazole rings is 1. The Morgan fingerprint density at radius 2 is 2.03 bits per heavy atom. The summed E-state index contributed by atoms with van der Waals surface area (Å²) in [6.45, 7) is 11.4. The van der Waals surface area contributed by atoms with E-state index in [1.807, 2.05) is 22.8 Å². The number of amides is 1. The third kappa shape index (κ3) is 5.20. The van der Waals surface area contributed by atoms with Crippen molar-refractivity contribution < 1.29 is 19.1 Å². The van der Waals surface area contributed by atoms with E-state index in [-0.39, 0.29) is 29.9 Å². The summed E-state index contributed by atoms with van der Waals surface area (Å²) in [5.74, 6) is -0.0266. The number of hydrogen-bond acceptors (Lipinski definition) is 4. The number of likely N-dealkylation sites (tertiary alicyclic amines) is 1. The number of halogens is 1. The molecule has 0 aliphatic carbocycles. The van der Waals surface area contributed by atoms with Crippen LogP contribution in [0.1, 0.15) is 40.0 Å². The molecule has 1 aliphatic rings. The molecule has 1 N–H and O–H groups in total. The summed E-state index contributed by atoms with van der Waals surface area (Å²) < 4.78 is 9.31. The molecule has 1 fully saturated rings. The average Bonchev–Trinajstić information content (AvgIpc) is 3.06. The molecule has 1 aromatic carbocycles. The van der Waals surface area contributed by atoms with Crippen LogP contribution >= 0.6 is 15.9 Å². The zero-order chi connectivity index (χ0) is 23.0. The quantitative estimate of drug-likeness (QED) is 0.534. The average molecular weight is 511 g/mol. The van der Waals surface area contributed by atoms with Crippen molar-refractivity contribution in [2.75, 3.05) is 6.54 Å². The van der Waals surface area contributed by atoms with Gasteiger partial charge in [-0.1, -0.05) is 26.8 Å². The van der Waals surface area contributed by atoms with Gasteiger partial charge in [-0.2, -0.15) is 0 Å². The molecule has 0 unspecified atom stereocenters. The molecule has 2 atom stereocenters. The van der Waals surface area contributed by atoms with Crippen molar-refractivity contribution in [1.29, 1.82) is 0 Å². The molecule has 1 aromatic heterocycles. The van der Waals surface area contributed by atoms with Gasteiger partial charge in [-0.05, 0) is 59.0 Å². The highest BCUT2D eigenvalue weighted by Gasteiger charge is 2.44. The number of carboxylic acid groups (broad SMARTS) is 1. The van der Waals surface area contributed by atoms with Gasteiger partial charge in [0.05, 0.1) is 30.5 Å². The van der Waals surface area contributed by atoms with Gasteiger partial charge >= 0.3 is 6.09 Å². The normalized spacial score (nSPS) is 20.3. The van der Waals surface area contributed by atoms with Crippen LogP contribution in [0, 0.1) is 0 Å². The minimum atomic E-state index is -2.11. The first kappa shape index (κ1) is 23.9. The summed E-state index contributed by atoms with van der Waals surface area (Å²) >= 11 is 3.49. The van der Waals surface area contributed by atoms with E-state index in [1.54, 1.807) is 6.33 Å². The summed E-state index contributed by atoms with van der Waals surface area (Å²) in [4.78, 5) is 30.8. The van der Waals surface area contributed by atoms with Gasteiger partial charge in [-0.15, -0.1) is 0 Å². The molecular weight excluding hydrogens is 478 g/mol. The number of piperidine rings is 1. The molecule has 170 valence electrons. The van der Waals surface area contributed by atoms with Crippen LogP contribution in [0.5, 0.6) is 0 Å². The van der Waals surface area contributed by atoms with Crippen LogP contribution in [-0.2, 0) is 15.8 Å². The lowest BCUT2D eigenvalue weighted by atomic mass is 9.95. The van der Waals surface area contributed by atoms with Crippen molar-refractivity contribution in [2.45, 2.75) is 76.9 Å². The monoisotopic (exact) mass is 509 g/mol. The third-order valence-corrected chi connectivity index (χ3v) is 11.7. The van der Waals surface area contributed by atoms with E-state index in [9.17, 15) is 14.7 Å². The SMILES string of the molecule is CC(C)(C)[Si](C)(C)O[C@H]1CCCN(C(=O)O)[C@@H]1CC(=O)Cn1cnc2c(Br)cccc21. The highest BCUT2D eigenvalue weighted by molar-refractivity contribution is 9.10. The topological polar surface area (TPSA) is 84.7 Å². The lowest BCUT2D eigenvalue weighted by molar-refractivity contribution is -0.122. The maximum absolute atomic E-state index is 13.1. The van der Waals surface area contributed by atoms with E-state index in [2.05, 4.69) is 54.8 Å². The first-order valence-electron chi connectivity index (χ1n) is 10.7. The minimum Gasteiger partial charge on any atom is -0.465 e. The van der Waals surface area contributed by atoms with Gasteiger partial charge in [0.15, 0.2) is 14.1 Å². The van der Waals surface area contributed by atoms with Gasteiger partial charge in [0, 0.05) is 17.4 Å². The van der Waals surface area contributed by atoms with Gasteiger partial charge in [0.2, 0.25) is 0 Å². The van der Waals surface area contributed by atoms with E-state index in [1.165, 1.54) is 4.90 Å². The Bertz CT molecular complexity index is 969. The predicted molar refractivity (Wildman–Crippen MR) is 127 cm³/mol. The van der Waals surface area contributed by atoms with E-state index in [0.29, 0.717) is 6.54 Å². The van der Waals surface area contributed by atoms with Gasteiger partial charge in [0.25, 0.3) is 0 Å². The van der Waals surface area contributed by atoms with E-state index in [4.69, 9.17) is 4.43 Å². The standard InChI is InChI=1S/C22H32BrN3O4Si/c1-22(2,3)31(4,5)30-19-10-7-11-26(21(28)29)18(19)12-15(27)13-25-14-24-20-16(23)8-6-9-17(20)25/h6,8-9,14,18-19H,7,10-13H2,1-5H3,(H,28,29)/t18-,19+/m1/s1. The predicted octanol–water partition coefficient (Wildman–Crippen LogP) is 5.29. The summed E-state index contributed by atoms with van der Waals surface area (Å²) in [7, 11) is -2.11. The third-order valence-electron chi connectivity index (χ3n) is 6.60. The highest BCUT2D eigenvalue weighted by Crippen LogP contribution is 2.39. The molecule has 31 heavy (non-hydrogen) atoms. The Morgan fingerprint density at radius 3 is 2.68 bits per heavy atom. The summed E-state index contributed by atoms with van der Waals surface area (Å²) in [6, 6.07) is 5.28. The molecule has 0 bridgehead atoms. The molecule has 3 rings (SSSR count). The Labute approximate surface area is 193 Å². The second-order valence-corrected chi connectivity index (χ2v) is 15.4. The van der Waals surface area contributed by atoms with Crippen LogP contribution in [0.15, 0.2) is 29.0 Å². The van der Waals surface area contributed by atoms with Crippen LogP contribution in [0.25, 0.3) is 11.0 Å². The second kappa shape index (κ2) is 9.03. The maximum Gasteiger partial charge on any atom is 0.407 e. The Kier molecular flexibility index (Phi) is 6.98. The summed E-state index contributed by atoms with van der Waals surface area (Å²) in [6.07, 6.45) is 2.07. The number of fused-ring (bicyclic) bond motifs is 1. The zero-order valence-corrected chi connectivity index (χ0v) is 21.5. The van der Waals surface area contributed by atoms with Crippen LogP contribution in [0.3, 0.4) is 0 Å². The first-order valence-corrected chi connectivity index (χ1v) is 14.4. The van der Waals surface area contributed by atoms with Crippen molar-refractivity contribution in [3.63, 3.8) is 0 Å². The van der Waals surface area contributed by atoms with Crippen LogP contribution in [-0.4, -0.2) is 58.4 Å². The fourth-order valence-corrected chi connectivity index (χ4v) is 5.70. The number of benzene rings is 1. The fourth-order valence-electron chi connectivity index (χ4n) is 3.86. The first-order chi connectivity index (χ1) is 14.4. The molecule has 2 heterocycles. The van der Waals surface area contributed by atoms with Crippen molar-refractivity contribution >= 4 is 47.2 Å². The van der Waals surface area contributed by atoms with Gasteiger partial charge < -0.3 is 19.0 Å². The van der Waals surface area contributed by atoms with Crippen molar-refractivity contribution in [3.8, 4) is 0 Å². The van der Waals surface area contributed by atoms with Gasteiger partial charge in [0.1, 0.15) is 5.52 Å². The van der Waals surface area contributed by atoms with Crippen molar-refractivity contribution in [3.05, 3.63) is 29.0 Å². The Balaban J connectivity index is 1.80. The molecular formula is C22H32BrN3O4Si. The molecule has 1 aliphatic heterocycles. The Hall–Kier alpha value is -1.71. The number of aromatic nitrogens is 2. The molecule has 1 saturated heterocycles. The summed E-state index contributed by atoms with van der Waals surface area (Å²) in [5, 5.41) is 9.79. The fraction of sp³-hybridized carbons (Fsp3) is 0.591. The summed E-state index contributed by atoms with van der Waals surface area (Å²) in [5.41, 5.74) is 1.68. The van der Waals surface area contributed by atoms with Gasteiger partial charge in [-0.3, -0.25) is 4.79 Å². The van der Waals surface area contributed by atoms with Crippen molar-refractivity contribution in [1.82, 2.24) is 14.5 Å². The van der Waals surface area contributed by atoms with Crippen LogP contribution in [0.4, 0.5) is 4.79 Å². The van der Waals surface area contributed by atoms with Gasteiger partial charge in [-0.25, -0.2) is 9.78 Å². The highest BCUT2D eigenvalue weighted by atomic mass is 79.9.